The Kier molecular flexibility index (Phi) is 8.40. The van der Waals surface area contributed by atoms with Gasteiger partial charge in [0.1, 0.15) is 5.75 Å². The first kappa shape index (κ1) is 22.1. The lowest BCUT2D eigenvalue weighted by molar-refractivity contribution is -0.120. The van der Waals surface area contributed by atoms with E-state index in [1.54, 1.807) is 28.4 Å². The number of amides is 1. The van der Waals surface area contributed by atoms with Gasteiger partial charge in [0.05, 0.1) is 28.4 Å². The molecule has 2 rings (SSSR count). The van der Waals surface area contributed by atoms with Crippen LogP contribution in [0, 0.1) is 0 Å². The summed E-state index contributed by atoms with van der Waals surface area (Å²) in [6.45, 7) is 2.39. The van der Waals surface area contributed by atoms with Gasteiger partial charge in [-0.25, -0.2) is 0 Å². The molecule has 156 valence electrons. The highest BCUT2D eigenvalue weighted by Crippen LogP contribution is 2.39. The first-order valence-corrected chi connectivity index (χ1v) is 9.47. The molecule has 0 aromatic heterocycles. The van der Waals surface area contributed by atoms with Crippen LogP contribution in [0.4, 0.5) is 0 Å². The second-order valence-electron chi connectivity index (χ2n) is 6.38. The minimum absolute atomic E-state index is 0.0248. The Morgan fingerprint density at radius 1 is 0.931 bits per heavy atom. The second kappa shape index (κ2) is 11.0. The Morgan fingerprint density at radius 2 is 1.55 bits per heavy atom. The van der Waals surface area contributed by atoms with E-state index in [-0.39, 0.29) is 5.91 Å². The van der Waals surface area contributed by atoms with Crippen molar-refractivity contribution in [2.75, 3.05) is 35.0 Å². The molecule has 0 fully saturated rings. The van der Waals surface area contributed by atoms with E-state index in [0.717, 1.165) is 28.9 Å². The highest BCUT2D eigenvalue weighted by atomic mass is 16.5. The molecule has 0 atom stereocenters. The maximum atomic E-state index is 12.0. The fourth-order valence-electron chi connectivity index (χ4n) is 2.94. The third-order valence-corrected chi connectivity index (χ3v) is 4.44. The van der Waals surface area contributed by atoms with Crippen LogP contribution in [0.3, 0.4) is 0 Å². The molecule has 0 spiro atoms. The van der Waals surface area contributed by atoms with Gasteiger partial charge in [-0.2, -0.15) is 0 Å². The van der Waals surface area contributed by atoms with E-state index in [9.17, 15) is 4.79 Å². The lowest BCUT2D eigenvalue weighted by Gasteiger charge is -2.14. The van der Waals surface area contributed by atoms with E-state index in [2.05, 4.69) is 5.32 Å². The molecule has 1 amide bonds. The predicted octanol–water partition coefficient (Wildman–Crippen LogP) is 4.18. The van der Waals surface area contributed by atoms with E-state index >= 15 is 0 Å². The fraction of sp³-hybridized carbons (Fsp3) is 0.348. The standard InChI is InChI=1S/C23H29NO5/c1-6-7-22(25)24-15-18(17-8-10-19(26-2)11-9-17)12-16-13-20(27-3)23(29-5)21(14-16)28-4/h8-14H,6-7,15H2,1-5H3,(H,24,25)/b18-12-. The number of methoxy groups -OCH3 is 4. The summed E-state index contributed by atoms with van der Waals surface area (Å²) in [4.78, 5) is 12.0. The van der Waals surface area contributed by atoms with Gasteiger partial charge in [-0.1, -0.05) is 19.1 Å². The largest absolute Gasteiger partial charge is 0.497 e. The summed E-state index contributed by atoms with van der Waals surface area (Å²) >= 11 is 0. The van der Waals surface area contributed by atoms with Gasteiger partial charge in [0.15, 0.2) is 11.5 Å². The van der Waals surface area contributed by atoms with E-state index in [0.29, 0.717) is 30.2 Å². The normalized spacial score (nSPS) is 11.0. The van der Waals surface area contributed by atoms with Gasteiger partial charge in [-0.15, -0.1) is 0 Å². The van der Waals surface area contributed by atoms with Crippen molar-refractivity contribution in [1.82, 2.24) is 5.32 Å². The molecule has 6 heteroatoms. The smallest absolute Gasteiger partial charge is 0.220 e. The van der Waals surface area contributed by atoms with Crippen molar-refractivity contribution in [3.8, 4) is 23.0 Å². The molecule has 1 N–H and O–H groups in total. The van der Waals surface area contributed by atoms with Crippen molar-refractivity contribution in [1.29, 1.82) is 0 Å². The molecule has 2 aromatic rings. The summed E-state index contributed by atoms with van der Waals surface area (Å²) in [6, 6.07) is 11.5. The third kappa shape index (κ3) is 5.91. The van der Waals surface area contributed by atoms with Gasteiger partial charge in [-0.05, 0) is 53.5 Å². The number of nitrogens with one attached hydrogen (secondary N) is 1. The minimum Gasteiger partial charge on any atom is -0.497 e. The molecule has 0 saturated carbocycles. The quantitative estimate of drug-likeness (QED) is 0.607. The average Bonchev–Trinajstić information content (AvgIpc) is 2.76. The summed E-state index contributed by atoms with van der Waals surface area (Å²) in [7, 11) is 6.37. The van der Waals surface area contributed by atoms with E-state index in [1.807, 2.05) is 49.4 Å². The van der Waals surface area contributed by atoms with Crippen LogP contribution in [0.1, 0.15) is 30.9 Å². The SMILES string of the molecule is CCCC(=O)NC/C(=C/c1cc(OC)c(OC)c(OC)c1)c1ccc(OC)cc1. The van der Waals surface area contributed by atoms with Crippen LogP contribution in [0.5, 0.6) is 23.0 Å². The molecule has 0 bridgehead atoms. The van der Waals surface area contributed by atoms with Gasteiger partial charge in [-0.3, -0.25) is 4.79 Å². The van der Waals surface area contributed by atoms with E-state index in [1.165, 1.54) is 0 Å². The van der Waals surface area contributed by atoms with Gasteiger partial charge in [0.25, 0.3) is 0 Å². The minimum atomic E-state index is 0.0248. The molecular weight excluding hydrogens is 370 g/mol. The van der Waals surface area contributed by atoms with Gasteiger partial charge < -0.3 is 24.3 Å². The van der Waals surface area contributed by atoms with Crippen LogP contribution in [0.25, 0.3) is 11.6 Å². The molecule has 6 nitrogen and oxygen atoms in total. The molecule has 29 heavy (non-hydrogen) atoms. The van der Waals surface area contributed by atoms with E-state index in [4.69, 9.17) is 18.9 Å². The topological polar surface area (TPSA) is 66.0 Å². The fourth-order valence-corrected chi connectivity index (χ4v) is 2.94. The van der Waals surface area contributed by atoms with Crippen molar-refractivity contribution in [2.24, 2.45) is 0 Å². The Hall–Kier alpha value is -3.15. The summed E-state index contributed by atoms with van der Waals surface area (Å²) in [5.74, 6) is 2.48. The summed E-state index contributed by atoms with van der Waals surface area (Å²) < 4.78 is 21.5. The first-order valence-electron chi connectivity index (χ1n) is 9.47. The van der Waals surface area contributed by atoms with Crippen molar-refractivity contribution in [2.45, 2.75) is 19.8 Å². The predicted molar refractivity (Wildman–Crippen MR) is 115 cm³/mol. The van der Waals surface area contributed by atoms with Crippen LogP contribution < -0.4 is 24.3 Å². The molecule has 0 radical (unpaired) electrons. The monoisotopic (exact) mass is 399 g/mol. The molecule has 2 aromatic carbocycles. The highest BCUT2D eigenvalue weighted by molar-refractivity contribution is 5.86. The second-order valence-corrected chi connectivity index (χ2v) is 6.38. The van der Waals surface area contributed by atoms with Crippen LogP contribution in [-0.4, -0.2) is 40.9 Å². The maximum absolute atomic E-state index is 12.0. The molecule has 0 saturated heterocycles. The van der Waals surface area contributed by atoms with Crippen LogP contribution in [0.2, 0.25) is 0 Å². The number of carbonyl (C=O) groups excluding carboxylic acids is 1. The third-order valence-electron chi connectivity index (χ3n) is 4.44. The number of benzene rings is 2. The van der Waals surface area contributed by atoms with E-state index < -0.39 is 0 Å². The van der Waals surface area contributed by atoms with Crippen molar-refractivity contribution >= 4 is 17.6 Å². The van der Waals surface area contributed by atoms with Gasteiger partial charge >= 0.3 is 0 Å². The Labute approximate surface area is 172 Å². The lowest BCUT2D eigenvalue weighted by Crippen LogP contribution is -2.24. The molecule has 0 heterocycles. The zero-order valence-electron chi connectivity index (χ0n) is 17.7. The summed E-state index contributed by atoms with van der Waals surface area (Å²) in [6.07, 6.45) is 3.30. The number of carbonyl (C=O) groups is 1. The van der Waals surface area contributed by atoms with Crippen molar-refractivity contribution in [3.63, 3.8) is 0 Å². The van der Waals surface area contributed by atoms with Gasteiger partial charge in [0.2, 0.25) is 11.7 Å². The number of ether oxygens (including phenoxy) is 4. The van der Waals surface area contributed by atoms with Crippen molar-refractivity contribution in [3.05, 3.63) is 47.5 Å². The van der Waals surface area contributed by atoms with Crippen LogP contribution in [0.15, 0.2) is 36.4 Å². The Balaban J connectivity index is 2.45. The zero-order valence-corrected chi connectivity index (χ0v) is 17.7. The summed E-state index contributed by atoms with van der Waals surface area (Å²) in [5.41, 5.74) is 2.80. The molecule has 0 unspecified atom stereocenters. The highest BCUT2D eigenvalue weighted by Gasteiger charge is 2.13. The van der Waals surface area contributed by atoms with Crippen molar-refractivity contribution < 1.29 is 23.7 Å². The molecular formula is C23H29NO5. The zero-order chi connectivity index (χ0) is 21.2. The average molecular weight is 399 g/mol. The van der Waals surface area contributed by atoms with Crippen LogP contribution >= 0.6 is 0 Å². The number of rotatable bonds is 10. The first-order chi connectivity index (χ1) is 14.1. The summed E-state index contributed by atoms with van der Waals surface area (Å²) in [5, 5.41) is 2.99. The molecule has 0 aliphatic heterocycles. The molecule has 0 aliphatic rings. The van der Waals surface area contributed by atoms with Crippen LogP contribution in [-0.2, 0) is 4.79 Å². The lowest BCUT2D eigenvalue weighted by atomic mass is 10.0. The Morgan fingerprint density at radius 3 is 2.03 bits per heavy atom. The number of hydrogen-bond acceptors (Lipinski definition) is 5. The molecule has 0 aliphatic carbocycles. The maximum Gasteiger partial charge on any atom is 0.220 e. The number of hydrogen-bond donors (Lipinski definition) is 1. The Bertz CT molecular complexity index is 818. The van der Waals surface area contributed by atoms with Gasteiger partial charge in [0, 0.05) is 13.0 Å².